The standard InChI is InChI=1S/C21H28N4O2/c26-20(22-13-17-5-4-6-17)14-24-9-11-25(12-10-24)15-21-23-19(16-27-21)18-7-2-1-3-8-18/h1-3,7-8,16-17H,4-6,9-15H2,(H,22,26). The fraction of sp³-hybridized carbons (Fsp3) is 0.524. The number of hydrogen-bond acceptors (Lipinski definition) is 5. The van der Waals surface area contributed by atoms with Crippen molar-refractivity contribution < 1.29 is 9.21 Å². The summed E-state index contributed by atoms with van der Waals surface area (Å²) in [7, 11) is 0. The third-order valence-electron chi connectivity index (χ3n) is 5.62. The van der Waals surface area contributed by atoms with E-state index in [1.165, 1.54) is 19.3 Å². The largest absolute Gasteiger partial charge is 0.447 e. The molecule has 1 amide bonds. The molecule has 2 aromatic rings. The summed E-state index contributed by atoms with van der Waals surface area (Å²) in [4.78, 5) is 21.3. The van der Waals surface area contributed by atoms with Crippen molar-refractivity contribution in [2.24, 2.45) is 5.92 Å². The van der Waals surface area contributed by atoms with Crippen LogP contribution in [0, 0.1) is 5.92 Å². The Morgan fingerprint density at radius 3 is 2.56 bits per heavy atom. The Morgan fingerprint density at radius 2 is 1.85 bits per heavy atom. The quantitative estimate of drug-likeness (QED) is 0.813. The van der Waals surface area contributed by atoms with Gasteiger partial charge in [0.05, 0.1) is 13.1 Å². The molecule has 1 saturated heterocycles. The molecule has 27 heavy (non-hydrogen) atoms. The van der Waals surface area contributed by atoms with Gasteiger partial charge in [-0.15, -0.1) is 0 Å². The van der Waals surface area contributed by atoms with Gasteiger partial charge in [-0.2, -0.15) is 0 Å². The number of nitrogens with one attached hydrogen (secondary N) is 1. The van der Waals surface area contributed by atoms with Crippen molar-refractivity contribution in [3.05, 3.63) is 42.5 Å². The normalized spacial score (nSPS) is 19.0. The lowest BCUT2D eigenvalue weighted by atomic mass is 9.85. The zero-order chi connectivity index (χ0) is 18.5. The lowest BCUT2D eigenvalue weighted by Gasteiger charge is -2.33. The Labute approximate surface area is 160 Å². The van der Waals surface area contributed by atoms with E-state index in [0.717, 1.165) is 49.9 Å². The van der Waals surface area contributed by atoms with Gasteiger partial charge in [0.2, 0.25) is 11.8 Å². The average Bonchev–Trinajstić information content (AvgIpc) is 3.11. The van der Waals surface area contributed by atoms with Crippen LogP contribution in [0.1, 0.15) is 25.2 Å². The number of aromatic nitrogens is 1. The summed E-state index contributed by atoms with van der Waals surface area (Å²) < 4.78 is 5.65. The molecule has 1 N–H and O–H groups in total. The monoisotopic (exact) mass is 368 g/mol. The number of rotatable bonds is 7. The summed E-state index contributed by atoms with van der Waals surface area (Å²) >= 11 is 0. The van der Waals surface area contributed by atoms with Crippen LogP contribution in [0.25, 0.3) is 11.3 Å². The Morgan fingerprint density at radius 1 is 1.11 bits per heavy atom. The van der Waals surface area contributed by atoms with Gasteiger partial charge in [0.1, 0.15) is 12.0 Å². The first-order valence-electron chi connectivity index (χ1n) is 9.97. The minimum Gasteiger partial charge on any atom is -0.447 e. The Kier molecular flexibility index (Phi) is 5.84. The van der Waals surface area contributed by atoms with Crippen LogP contribution in [0.15, 0.2) is 41.0 Å². The van der Waals surface area contributed by atoms with Crippen molar-refractivity contribution in [1.29, 1.82) is 0 Å². The number of hydrogen-bond donors (Lipinski definition) is 1. The molecule has 2 aliphatic rings. The molecular weight excluding hydrogens is 340 g/mol. The Bertz CT molecular complexity index is 734. The molecule has 1 aromatic heterocycles. The van der Waals surface area contributed by atoms with Crippen molar-refractivity contribution in [1.82, 2.24) is 20.1 Å². The van der Waals surface area contributed by atoms with E-state index in [1.807, 2.05) is 30.3 Å². The number of benzene rings is 1. The molecule has 4 rings (SSSR count). The summed E-state index contributed by atoms with van der Waals surface area (Å²) in [6.45, 7) is 5.75. The highest BCUT2D eigenvalue weighted by Crippen LogP contribution is 2.25. The minimum absolute atomic E-state index is 0.163. The zero-order valence-electron chi connectivity index (χ0n) is 15.8. The summed E-state index contributed by atoms with van der Waals surface area (Å²) in [5.74, 6) is 1.63. The van der Waals surface area contributed by atoms with E-state index in [1.54, 1.807) is 6.26 Å². The highest BCUT2D eigenvalue weighted by atomic mass is 16.3. The highest BCUT2D eigenvalue weighted by Gasteiger charge is 2.22. The maximum Gasteiger partial charge on any atom is 0.234 e. The zero-order valence-corrected chi connectivity index (χ0v) is 15.8. The van der Waals surface area contributed by atoms with E-state index in [0.29, 0.717) is 19.0 Å². The average molecular weight is 368 g/mol. The second kappa shape index (κ2) is 8.67. The number of carbonyl (C=O) groups excluding carboxylic acids is 1. The van der Waals surface area contributed by atoms with Crippen LogP contribution < -0.4 is 5.32 Å². The molecule has 0 radical (unpaired) electrons. The molecule has 6 heteroatoms. The Hall–Kier alpha value is -2.18. The van der Waals surface area contributed by atoms with E-state index in [9.17, 15) is 4.79 Å². The van der Waals surface area contributed by atoms with Crippen molar-refractivity contribution in [2.45, 2.75) is 25.8 Å². The van der Waals surface area contributed by atoms with Gasteiger partial charge in [-0.1, -0.05) is 36.8 Å². The molecule has 144 valence electrons. The molecule has 1 saturated carbocycles. The molecule has 1 aliphatic carbocycles. The van der Waals surface area contributed by atoms with Crippen LogP contribution in [0.3, 0.4) is 0 Å². The van der Waals surface area contributed by atoms with Crippen molar-refractivity contribution in [3.63, 3.8) is 0 Å². The van der Waals surface area contributed by atoms with Crippen molar-refractivity contribution >= 4 is 5.91 Å². The number of nitrogens with zero attached hydrogens (tertiary/aromatic N) is 3. The van der Waals surface area contributed by atoms with Crippen LogP contribution in [-0.4, -0.2) is 60.0 Å². The number of amides is 1. The summed E-state index contributed by atoms with van der Waals surface area (Å²) in [5, 5.41) is 3.08. The molecular formula is C21H28N4O2. The second-order valence-electron chi connectivity index (χ2n) is 7.65. The first-order chi connectivity index (χ1) is 13.3. The SMILES string of the molecule is O=C(CN1CCN(Cc2nc(-c3ccccc3)co2)CC1)NCC1CCC1. The molecule has 2 heterocycles. The van der Waals surface area contributed by atoms with Gasteiger partial charge >= 0.3 is 0 Å². The van der Waals surface area contributed by atoms with E-state index in [4.69, 9.17) is 4.42 Å². The fourth-order valence-electron chi connectivity index (χ4n) is 3.64. The number of piperazine rings is 1. The predicted molar refractivity (Wildman–Crippen MR) is 104 cm³/mol. The van der Waals surface area contributed by atoms with Crippen molar-refractivity contribution in [2.75, 3.05) is 39.3 Å². The predicted octanol–water partition coefficient (Wildman–Crippen LogP) is 2.38. The van der Waals surface area contributed by atoms with Gasteiger partial charge in [-0.05, 0) is 18.8 Å². The molecule has 0 atom stereocenters. The van der Waals surface area contributed by atoms with Crippen LogP contribution in [0.4, 0.5) is 0 Å². The molecule has 0 spiro atoms. The maximum atomic E-state index is 12.1. The van der Waals surface area contributed by atoms with Gasteiger partial charge in [0.25, 0.3) is 0 Å². The number of carbonyl (C=O) groups is 1. The molecule has 1 aliphatic heterocycles. The van der Waals surface area contributed by atoms with Gasteiger partial charge in [-0.3, -0.25) is 14.6 Å². The maximum absolute atomic E-state index is 12.1. The van der Waals surface area contributed by atoms with Gasteiger partial charge in [0, 0.05) is 38.3 Å². The number of oxazole rings is 1. The van der Waals surface area contributed by atoms with Crippen LogP contribution in [-0.2, 0) is 11.3 Å². The van der Waals surface area contributed by atoms with Gasteiger partial charge in [0.15, 0.2) is 0 Å². The van der Waals surface area contributed by atoms with E-state index < -0.39 is 0 Å². The van der Waals surface area contributed by atoms with Crippen molar-refractivity contribution in [3.8, 4) is 11.3 Å². The molecule has 0 bridgehead atoms. The molecule has 0 unspecified atom stereocenters. The van der Waals surface area contributed by atoms with Crippen LogP contribution in [0.5, 0.6) is 0 Å². The molecule has 6 nitrogen and oxygen atoms in total. The summed E-state index contributed by atoms with van der Waals surface area (Å²) in [5.41, 5.74) is 1.96. The third kappa shape index (κ3) is 4.96. The first kappa shape index (κ1) is 18.2. The van der Waals surface area contributed by atoms with Gasteiger partial charge in [-0.25, -0.2) is 4.98 Å². The van der Waals surface area contributed by atoms with Crippen LogP contribution in [0.2, 0.25) is 0 Å². The first-order valence-corrected chi connectivity index (χ1v) is 9.97. The van der Waals surface area contributed by atoms with E-state index in [2.05, 4.69) is 20.1 Å². The van der Waals surface area contributed by atoms with E-state index in [-0.39, 0.29) is 5.91 Å². The third-order valence-corrected chi connectivity index (χ3v) is 5.62. The Balaban J connectivity index is 1.19. The molecule has 2 fully saturated rings. The topological polar surface area (TPSA) is 61.6 Å². The minimum atomic E-state index is 0.163. The van der Waals surface area contributed by atoms with E-state index >= 15 is 0 Å². The smallest absolute Gasteiger partial charge is 0.234 e. The fourth-order valence-corrected chi connectivity index (χ4v) is 3.64. The molecule has 1 aromatic carbocycles. The highest BCUT2D eigenvalue weighted by molar-refractivity contribution is 5.78. The summed E-state index contributed by atoms with van der Waals surface area (Å²) in [6, 6.07) is 10.1. The van der Waals surface area contributed by atoms with Crippen LogP contribution >= 0.6 is 0 Å². The lowest BCUT2D eigenvalue weighted by Crippen LogP contribution is -2.49. The van der Waals surface area contributed by atoms with Gasteiger partial charge < -0.3 is 9.73 Å². The second-order valence-corrected chi connectivity index (χ2v) is 7.65. The summed E-state index contributed by atoms with van der Waals surface area (Å²) in [6.07, 6.45) is 5.59. The lowest BCUT2D eigenvalue weighted by molar-refractivity contribution is -0.123.